The maximum atomic E-state index is 4.10. The van der Waals surface area contributed by atoms with Crippen LogP contribution in [0.5, 0.6) is 0 Å². The van der Waals surface area contributed by atoms with Crippen molar-refractivity contribution in [1.29, 1.82) is 0 Å². The molecule has 0 nitrogen and oxygen atoms in total. The maximum Gasteiger partial charge on any atom is 0 e. The van der Waals surface area contributed by atoms with Crippen LogP contribution >= 0.6 is 12.6 Å². The molecule has 0 radical (unpaired) electrons. The van der Waals surface area contributed by atoms with E-state index in [9.17, 15) is 0 Å². The zero-order valence-corrected chi connectivity index (χ0v) is 8.31. The molecule has 0 saturated heterocycles. The first-order valence-corrected chi connectivity index (χ1v) is 3.12. The smallest absolute Gasteiger partial charge is 0 e. The van der Waals surface area contributed by atoms with Gasteiger partial charge < -0.3 is 0 Å². The Labute approximate surface area is 55.0 Å². The summed E-state index contributed by atoms with van der Waals surface area (Å²) in [5, 5.41) is 0. The summed E-state index contributed by atoms with van der Waals surface area (Å²) in [6.45, 7) is 0. The normalized spacial score (nSPS) is 8.11. The Hall–Kier alpha value is -1.43. The van der Waals surface area contributed by atoms with Crippen LogP contribution < -0.4 is 0 Å². The molecule has 0 heterocycles. The summed E-state index contributed by atoms with van der Waals surface area (Å²) >= 11 is 4.10. The van der Waals surface area contributed by atoms with Gasteiger partial charge in [-0.1, -0.05) is 0 Å². The number of rotatable bonds is 1. The summed E-state index contributed by atoms with van der Waals surface area (Å²) in [7, 11) is 0. The number of hydrogen-bond donors (Lipinski definition) is 1. The molecule has 0 aliphatic rings. The number of benzene rings is 1. The molecule has 0 N–H and O–H groups in total. The Bertz CT molecular complexity index is 150. The summed E-state index contributed by atoms with van der Waals surface area (Å²) in [4.78, 5) is 0. The second-order valence-electron chi connectivity index (χ2n) is 1.57. The first-order valence-electron chi connectivity index (χ1n) is 2.49. The van der Waals surface area contributed by atoms with Crippen molar-refractivity contribution in [2.75, 3.05) is 0 Å². The van der Waals surface area contributed by atoms with Gasteiger partial charge in [-0.05, 0) is 5.75 Å². The molecule has 1 rings (SSSR count). The van der Waals surface area contributed by atoms with Crippen LogP contribution in [0.1, 0.15) is 5.56 Å². The van der Waals surface area contributed by atoms with Crippen LogP contribution in [0.4, 0.5) is 0 Å². The minimum Gasteiger partial charge on any atom is -0.184 e. The van der Waals surface area contributed by atoms with Gasteiger partial charge in [0.15, 0.2) is 0 Å². The van der Waals surface area contributed by atoms with Gasteiger partial charge in [-0.25, -0.2) is 0 Å². The Morgan fingerprint density at radius 3 is 2.22 bits per heavy atom. The average Bonchev–Trinajstić information content (AvgIpc) is 1.90. The van der Waals surface area contributed by atoms with Gasteiger partial charge in [0.25, 0.3) is 0 Å². The van der Waals surface area contributed by atoms with Crippen molar-refractivity contribution in [3.63, 3.8) is 0 Å². The van der Waals surface area contributed by atoms with Gasteiger partial charge in [0.05, 0.1) is 0 Å². The molecule has 0 aliphatic carbocycles. The quantitative estimate of drug-likeness (QED) is 0.564. The van der Waals surface area contributed by atoms with E-state index in [0.29, 0.717) is 0 Å². The molecule has 0 atom stereocenters. The third-order valence-corrected chi connectivity index (χ3v) is 1.33. The largest absolute Gasteiger partial charge is 0.184 e. The third kappa shape index (κ3) is 1.87. The molecule has 0 fully saturated rings. The molecule has 2 heteroatoms. The molecule has 9 heavy (non-hydrogen) atoms. The third-order valence-electron chi connectivity index (χ3n) is 0.970. The van der Waals surface area contributed by atoms with Crippen molar-refractivity contribution in [3.05, 3.63) is 35.9 Å². The first-order chi connectivity index (χ1) is 3.93. The fourth-order valence-corrected chi connectivity index (χ4v) is 0.738. The van der Waals surface area contributed by atoms with Gasteiger partial charge in [0, 0.05) is 0 Å². The molecule has 0 amide bonds. The van der Waals surface area contributed by atoms with Crippen LogP contribution in [-0.4, -0.2) is 0 Å². The average molecular weight is 374 g/mol. The van der Waals surface area contributed by atoms with Crippen LogP contribution in [0.15, 0.2) is 24.3 Å². The Morgan fingerprint density at radius 2 is 1.89 bits per heavy atom. The number of thiol groups is 1. The van der Waals surface area contributed by atoms with E-state index in [4.69, 9.17) is 0 Å². The van der Waals surface area contributed by atoms with Gasteiger partial charge in [0.2, 0.25) is 0 Å². The van der Waals surface area contributed by atoms with Crippen LogP contribution in [-0.2, 0) is 5.75 Å². The minimum atomic E-state index is 0. The van der Waals surface area contributed by atoms with Crippen molar-refractivity contribution in [1.82, 2.24) is 0 Å². The first kappa shape index (κ1) is 7.57. The van der Waals surface area contributed by atoms with Crippen LogP contribution in [0.2, 0.25) is 0 Å². The van der Waals surface area contributed by atoms with Crippen LogP contribution in [0.3, 0.4) is 0 Å². The van der Waals surface area contributed by atoms with Crippen molar-refractivity contribution < 1.29 is 0 Å². The maximum absolute atomic E-state index is 4.10. The summed E-state index contributed by atoms with van der Waals surface area (Å²) in [5.74, 6) is 0.814. The topological polar surface area (TPSA) is 0 Å². The fourth-order valence-electron chi connectivity index (χ4n) is 0.527. The van der Waals surface area contributed by atoms with Crippen LogP contribution in [0.25, 0.3) is 0 Å². The SMILES string of the molecule is SCc1cc[c-]cc1.[Cf]. The van der Waals surface area contributed by atoms with E-state index in [1.54, 1.807) is 0 Å². The molecule has 1 aromatic carbocycles. The van der Waals surface area contributed by atoms with Gasteiger partial charge >= 0.3 is 0 Å². The predicted molar refractivity (Wildman–Crippen MR) is 38.0 cm³/mol. The molecule has 0 saturated carbocycles. The summed E-state index contributed by atoms with van der Waals surface area (Å²) in [5.41, 5.74) is 1.24. The predicted octanol–water partition coefficient (Wildman–Crippen LogP) is 1.92. The summed E-state index contributed by atoms with van der Waals surface area (Å²) in [6.07, 6.45) is 0. The van der Waals surface area contributed by atoms with Crippen molar-refractivity contribution in [2.24, 2.45) is 0 Å². The molecular formula is C7H7CfS-. The van der Waals surface area contributed by atoms with Crippen LogP contribution in [0, 0.1) is 6.07 Å². The molecule has 0 aliphatic heterocycles. The van der Waals surface area contributed by atoms with Crippen molar-refractivity contribution >= 4 is 12.6 Å². The Kier molecular flexibility index (Phi) is 2.99. The second kappa shape index (κ2) is 3.56. The van der Waals surface area contributed by atoms with E-state index in [0.717, 1.165) is 5.75 Å². The monoisotopic (exact) mass is 372 g/mol. The zero-order chi connectivity index (χ0) is 5.82. The van der Waals surface area contributed by atoms with Crippen molar-refractivity contribution in [3.8, 4) is 0 Å². The van der Waals surface area contributed by atoms with E-state index in [1.807, 2.05) is 24.3 Å². The molecule has 1 aromatic rings. The molecule has 0 spiro atoms. The molecule has 52 valence electrons. The molecule has 0 unspecified atom stereocenters. The molecular weight excluding hydrogens is 367 g/mol. The van der Waals surface area contributed by atoms with E-state index in [2.05, 4.69) is 18.7 Å². The van der Waals surface area contributed by atoms with E-state index in [-0.39, 0.29) is 0 Å². The standard InChI is InChI=1S/C7H7S.Cf/c8-6-7-4-2-1-3-5-7;/h2-5,8H,6H2;/q-1;. The second-order valence-corrected chi connectivity index (χ2v) is 1.88. The molecule has 0 aromatic heterocycles. The zero-order valence-electron chi connectivity index (χ0n) is 4.78. The van der Waals surface area contributed by atoms with E-state index < -0.39 is 0 Å². The Morgan fingerprint density at radius 1 is 1.33 bits per heavy atom. The summed E-state index contributed by atoms with van der Waals surface area (Å²) in [6, 6.07) is 10.7. The van der Waals surface area contributed by atoms with Crippen molar-refractivity contribution in [2.45, 2.75) is 5.75 Å². The number of hydrogen-bond acceptors (Lipinski definition) is 1. The minimum absolute atomic E-state index is 0. The van der Waals surface area contributed by atoms with Gasteiger partial charge in [-0.3, -0.25) is 0 Å². The fraction of sp³-hybridized carbons (Fsp3) is 0.143. The van der Waals surface area contributed by atoms with Gasteiger partial charge in [-0.15, -0.1) is 5.56 Å². The summed E-state index contributed by atoms with van der Waals surface area (Å²) < 4.78 is 0. The Balaban J connectivity index is 0.000000640. The van der Waals surface area contributed by atoms with E-state index in [1.165, 1.54) is 5.56 Å². The van der Waals surface area contributed by atoms with Gasteiger partial charge in [0.1, 0.15) is 0 Å². The van der Waals surface area contributed by atoms with Gasteiger partial charge in [-0.2, -0.15) is 43.0 Å². The van der Waals surface area contributed by atoms with E-state index >= 15 is 0 Å². The molecule has 0 bridgehead atoms.